The van der Waals surface area contributed by atoms with Crippen LogP contribution >= 0.6 is 11.8 Å². The molecule has 1 saturated carbocycles. The highest BCUT2D eigenvalue weighted by Crippen LogP contribution is 2.46. The molecule has 1 N–H and O–H groups in total. The number of carboxylic acids is 1. The molecule has 1 aromatic heterocycles. The van der Waals surface area contributed by atoms with Gasteiger partial charge in [-0.25, -0.2) is 9.18 Å². The van der Waals surface area contributed by atoms with Crippen LogP contribution in [0.1, 0.15) is 36.2 Å². The minimum absolute atomic E-state index is 0.0542. The minimum Gasteiger partial charge on any atom is -0.478 e. The van der Waals surface area contributed by atoms with E-state index < -0.39 is 17.2 Å². The van der Waals surface area contributed by atoms with Crippen LogP contribution in [0.5, 0.6) is 5.75 Å². The fourth-order valence-corrected chi connectivity index (χ4v) is 3.70. The van der Waals surface area contributed by atoms with E-state index in [1.165, 1.54) is 24.0 Å². The third kappa shape index (κ3) is 1.85. The molecule has 0 amide bonds. The summed E-state index contributed by atoms with van der Waals surface area (Å²) in [6.07, 6.45) is 2.98. The van der Waals surface area contributed by atoms with Crippen molar-refractivity contribution in [3.63, 3.8) is 0 Å². The number of aromatic nitrogens is 1. The highest BCUT2D eigenvalue weighted by molar-refractivity contribution is 8.00. The van der Waals surface area contributed by atoms with Crippen LogP contribution in [0.2, 0.25) is 0 Å². The Kier molecular flexibility index (Phi) is 2.78. The number of nitrogens with zero attached hydrogens (tertiary/aromatic N) is 1. The number of thioether (sulfide) groups is 1. The number of carbonyl (C=O) groups is 1. The predicted octanol–water partition coefficient (Wildman–Crippen LogP) is 3.00. The molecule has 22 heavy (non-hydrogen) atoms. The Morgan fingerprint density at radius 3 is 2.86 bits per heavy atom. The molecule has 2 aromatic rings. The van der Waals surface area contributed by atoms with Crippen LogP contribution < -0.4 is 10.2 Å². The van der Waals surface area contributed by atoms with Gasteiger partial charge in [-0.3, -0.25) is 4.79 Å². The number of ether oxygens (including phenoxy) is 1. The van der Waals surface area contributed by atoms with Crippen LogP contribution in [0.4, 0.5) is 4.39 Å². The second kappa shape index (κ2) is 4.49. The van der Waals surface area contributed by atoms with Gasteiger partial charge in [0.15, 0.2) is 5.82 Å². The fourth-order valence-electron chi connectivity index (χ4n) is 2.79. The lowest BCUT2D eigenvalue weighted by Gasteiger charge is -2.13. The first-order valence-electron chi connectivity index (χ1n) is 6.95. The lowest BCUT2D eigenvalue weighted by Crippen LogP contribution is -2.19. The summed E-state index contributed by atoms with van der Waals surface area (Å²) < 4.78 is 22.0. The predicted molar refractivity (Wildman–Crippen MR) is 79.3 cm³/mol. The van der Waals surface area contributed by atoms with Gasteiger partial charge >= 0.3 is 5.97 Å². The highest BCUT2D eigenvalue weighted by atomic mass is 32.2. The fraction of sp³-hybridized carbons (Fsp3) is 0.333. The molecule has 1 aliphatic heterocycles. The zero-order valence-electron chi connectivity index (χ0n) is 11.6. The van der Waals surface area contributed by atoms with Crippen molar-refractivity contribution in [3.05, 3.63) is 33.9 Å². The van der Waals surface area contributed by atoms with Gasteiger partial charge in [-0.15, -0.1) is 0 Å². The summed E-state index contributed by atoms with van der Waals surface area (Å²) in [6.45, 7) is 1.80. The molecule has 1 atom stereocenters. The molecule has 114 valence electrons. The SMILES string of the molecule is CC1Oc2cc3c(=O)c(C(=O)O)cn(C4CC4)c3c(F)c2S1. The van der Waals surface area contributed by atoms with E-state index >= 15 is 0 Å². The smallest absolute Gasteiger partial charge is 0.341 e. The summed E-state index contributed by atoms with van der Waals surface area (Å²) in [5, 5.41) is 9.28. The van der Waals surface area contributed by atoms with Crippen molar-refractivity contribution in [1.29, 1.82) is 0 Å². The maximum absolute atomic E-state index is 14.9. The summed E-state index contributed by atoms with van der Waals surface area (Å²) in [5.74, 6) is -1.49. The standard InChI is InChI=1S/C15H12FNO4S/c1-6-21-10-4-8-12(11(16)14(10)22-6)17(7-2-3-7)5-9(13(8)18)15(19)20/h4-7H,2-3H2,1H3,(H,19,20). The maximum atomic E-state index is 14.9. The molecular formula is C15H12FNO4S. The molecule has 2 heterocycles. The first-order valence-corrected chi connectivity index (χ1v) is 7.83. The van der Waals surface area contributed by atoms with Crippen LogP contribution in [0, 0.1) is 5.82 Å². The number of aromatic carboxylic acids is 1. The zero-order valence-corrected chi connectivity index (χ0v) is 12.4. The van der Waals surface area contributed by atoms with Crippen molar-refractivity contribution in [1.82, 2.24) is 4.57 Å². The Morgan fingerprint density at radius 2 is 2.23 bits per heavy atom. The van der Waals surface area contributed by atoms with Crippen molar-refractivity contribution >= 4 is 28.6 Å². The lowest BCUT2D eigenvalue weighted by atomic mass is 10.1. The van der Waals surface area contributed by atoms with E-state index in [0.717, 1.165) is 12.8 Å². The molecule has 0 radical (unpaired) electrons. The van der Waals surface area contributed by atoms with E-state index in [4.69, 9.17) is 4.74 Å². The van der Waals surface area contributed by atoms with Gasteiger partial charge in [-0.2, -0.15) is 0 Å². The highest BCUT2D eigenvalue weighted by Gasteiger charge is 2.32. The number of rotatable bonds is 2. The molecule has 0 spiro atoms. The number of carboxylic acid groups (broad SMARTS) is 1. The third-order valence-electron chi connectivity index (χ3n) is 3.92. The molecule has 0 bridgehead atoms. The van der Waals surface area contributed by atoms with Gasteiger partial charge < -0.3 is 14.4 Å². The van der Waals surface area contributed by atoms with Crippen molar-refractivity contribution in [3.8, 4) is 5.75 Å². The van der Waals surface area contributed by atoms with E-state index in [-0.39, 0.29) is 27.9 Å². The number of benzene rings is 1. The number of halogens is 1. The number of hydrogen-bond acceptors (Lipinski definition) is 4. The summed E-state index contributed by atoms with van der Waals surface area (Å²) in [7, 11) is 0. The summed E-state index contributed by atoms with van der Waals surface area (Å²) in [6, 6.07) is 1.52. The monoisotopic (exact) mass is 321 g/mol. The van der Waals surface area contributed by atoms with E-state index in [0.29, 0.717) is 10.6 Å². The van der Waals surface area contributed by atoms with Gasteiger partial charge in [0.05, 0.1) is 15.8 Å². The van der Waals surface area contributed by atoms with E-state index in [2.05, 4.69) is 0 Å². The Morgan fingerprint density at radius 1 is 1.50 bits per heavy atom. The Labute approximate surface area is 128 Å². The van der Waals surface area contributed by atoms with Crippen molar-refractivity contribution < 1.29 is 19.0 Å². The molecule has 7 heteroatoms. The molecular weight excluding hydrogens is 309 g/mol. The molecule has 5 nitrogen and oxygen atoms in total. The van der Waals surface area contributed by atoms with E-state index in [9.17, 15) is 19.1 Å². The second-order valence-corrected chi connectivity index (χ2v) is 6.84. The van der Waals surface area contributed by atoms with Crippen LogP contribution in [-0.2, 0) is 0 Å². The Balaban J connectivity index is 2.13. The number of hydrogen-bond donors (Lipinski definition) is 1. The average molecular weight is 321 g/mol. The normalized spacial score (nSPS) is 20.0. The summed E-state index contributed by atoms with van der Waals surface area (Å²) in [4.78, 5) is 24.1. The lowest BCUT2D eigenvalue weighted by molar-refractivity contribution is 0.0695. The molecule has 4 rings (SSSR count). The van der Waals surface area contributed by atoms with Crippen molar-refractivity contribution in [2.75, 3.05) is 0 Å². The van der Waals surface area contributed by atoms with Gasteiger partial charge in [-0.1, -0.05) is 11.8 Å². The molecule has 1 aromatic carbocycles. The maximum Gasteiger partial charge on any atom is 0.341 e. The van der Waals surface area contributed by atoms with Crippen molar-refractivity contribution in [2.24, 2.45) is 0 Å². The van der Waals surface area contributed by atoms with Crippen LogP contribution in [-0.4, -0.2) is 21.1 Å². The number of pyridine rings is 1. The van der Waals surface area contributed by atoms with Gasteiger partial charge in [0.25, 0.3) is 0 Å². The molecule has 1 aliphatic carbocycles. The quantitative estimate of drug-likeness (QED) is 0.921. The average Bonchev–Trinajstić information content (AvgIpc) is 3.22. The first-order chi connectivity index (χ1) is 10.5. The van der Waals surface area contributed by atoms with Crippen molar-refractivity contribution in [2.45, 2.75) is 36.1 Å². The van der Waals surface area contributed by atoms with Gasteiger partial charge in [-0.05, 0) is 25.8 Å². The molecule has 1 unspecified atom stereocenters. The summed E-state index contributed by atoms with van der Waals surface area (Å²) >= 11 is 1.26. The van der Waals surface area contributed by atoms with E-state index in [1.807, 2.05) is 0 Å². The first kappa shape index (κ1) is 13.6. The van der Waals surface area contributed by atoms with Crippen LogP contribution in [0.15, 0.2) is 22.0 Å². The van der Waals surface area contributed by atoms with Crippen LogP contribution in [0.3, 0.4) is 0 Å². The largest absolute Gasteiger partial charge is 0.478 e. The molecule has 0 saturated heterocycles. The van der Waals surface area contributed by atoms with Gasteiger partial charge in [0.1, 0.15) is 16.7 Å². The van der Waals surface area contributed by atoms with Crippen LogP contribution in [0.25, 0.3) is 10.9 Å². The summed E-state index contributed by atoms with van der Waals surface area (Å²) in [5.41, 5.74) is -1.06. The molecule has 2 aliphatic rings. The van der Waals surface area contributed by atoms with Gasteiger partial charge in [0, 0.05) is 12.2 Å². The Bertz CT molecular complexity index is 887. The molecule has 1 fully saturated rings. The Hall–Kier alpha value is -2.02. The second-order valence-electron chi connectivity index (χ2n) is 5.53. The minimum atomic E-state index is -1.30. The third-order valence-corrected chi connectivity index (χ3v) is 4.97. The van der Waals surface area contributed by atoms with Gasteiger partial charge in [0.2, 0.25) is 5.43 Å². The number of fused-ring (bicyclic) bond motifs is 2. The van der Waals surface area contributed by atoms with E-state index in [1.54, 1.807) is 11.5 Å². The topological polar surface area (TPSA) is 68.5 Å². The zero-order chi connectivity index (χ0) is 15.6.